The lowest BCUT2D eigenvalue weighted by molar-refractivity contribution is -0.118. The molecule has 0 saturated carbocycles. The average Bonchev–Trinajstić information content (AvgIpc) is 3.23. The third-order valence-electron chi connectivity index (χ3n) is 4.51. The summed E-state index contributed by atoms with van der Waals surface area (Å²) in [5.41, 5.74) is 2.74. The van der Waals surface area contributed by atoms with Crippen molar-refractivity contribution in [1.29, 1.82) is 0 Å². The number of nitrogens with one attached hydrogen (secondary N) is 1. The summed E-state index contributed by atoms with van der Waals surface area (Å²) in [7, 11) is 2.01. The molecule has 0 aliphatic rings. The molecular weight excluding hydrogens is 450 g/mol. The Morgan fingerprint density at radius 3 is 2.71 bits per heavy atom. The third kappa shape index (κ3) is 5.52. The number of thiazole rings is 1. The molecule has 4 aromatic rings. The van der Waals surface area contributed by atoms with Gasteiger partial charge in [0, 0.05) is 25.2 Å². The molecule has 1 N–H and O–H groups in total. The van der Waals surface area contributed by atoms with Gasteiger partial charge >= 0.3 is 0 Å². The minimum absolute atomic E-state index is 0.0809. The molecule has 0 saturated heterocycles. The van der Waals surface area contributed by atoms with Gasteiger partial charge in [-0.15, -0.1) is 0 Å². The number of hydrogen-bond donors (Lipinski definition) is 1. The van der Waals surface area contributed by atoms with E-state index in [9.17, 15) is 4.79 Å². The Labute approximate surface area is 193 Å². The van der Waals surface area contributed by atoms with Crippen LogP contribution in [0.15, 0.2) is 66.0 Å². The van der Waals surface area contributed by atoms with Crippen molar-refractivity contribution >= 4 is 56.1 Å². The zero-order chi connectivity index (χ0) is 21.6. The number of carbonyl (C=O) groups is 1. The summed E-state index contributed by atoms with van der Waals surface area (Å²) >= 11 is 9.06. The molecule has 1 amide bonds. The van der Waals surface area contributed by atoms with Gasteiger partial charge in [-0.2, -0.15) is 4.98 Å². The van der Waals surface area contributed by atoms with Gasteiger partial charge in [-0.25, -0.2) is 9.97 Å². The summed E-state index contributed by atoms with van der Waals surface area (Å²) in [6.45, 7) is 1.15. The molecule has 0 bridgehead atoms. The number of hydrogen-bond acceptors (Lipinski definition) is 7. The Balaban J connectivity index is 1.40. The Morgan fingerprint density at radius 2 is 1.90 bits per heavy atom. The first-order chi connectivity index (χ1) is 15.1. The van der Waals surface area contributed by atoms with Gasteiger partial charge < -0.3 is 10.2 Å². The molecule has 0 unspecified atom stereocenters. The molecule has 0 atom stereocenters. The van der Waals surface area contributed by atoms with Crippen LogP contribution in [-0.4, -0.2) is 33.7 Å². The maximum atomic E-state index is 12.3. The van der Waals surface area contributed by atoms with Gasteiger partial charge in [0.15, 0.2) is 10.8 Å². The van der Waals surface area contributed by atoms with E-state index in [0.717, 1.165) is 27.0 Å². The molecule has 2 aromatic heterocycles. The molecule has 0 radical (unpaired) electrons. The van der Waals surface area contributed by atoms with Gasteiger partial charge in [0.25, 0.3) is 0 Å². The molecule has 0 aliphatic carbocycles. The number of benzene rings is 2. The second kappa shape index (κ2) is 10.1. The predicted molar refractivity (Wildman–Crippen MR) is 128 cm³/mol. The average molecular weight is 470 g/mol. The molecule has 6 nitrogen and oxygen atoms in total. The second-order valence-corrected chi connectivity index (χ2v) is 9.18. The molecule has 0 spiro atoms. The van der Waals surface area contributed by atoms with E-state index in [0.29, 0.717) is 17.2 Å². The topological polar surface area (TPSA) is 71.0 Å². The van der Waals surface area contributed by atoms with Gasteiger partial charge in [0.05, 0.1) is 5.75 Å². The number of aromatic nitrogens is 3. The van der Waals surface area contributed by atoms with E-state index >= 15 is 0 Å². The van der Waals surface area contributed by atoms with Gasteiger partial charge in [-0.1, -0.05) is 83.2 Å². The van der Waals surface area contributed by atoms with Crippen molar-refractivity contribution in [2.45, 2.75) is 18.1 Å². The van der Waals surface area contributed by atoms with Gasteiger partial charge in [-0.3, -0.25) is 4.79 Å². The van der Waals surface area contributed by atoms with Crippen molar-refractivity contribution in [3.05, 3.63) is 77.1 Å². The Bertz CT molecular complexity index is 1180. The fourth-order valence-corrected chi connectivity index (χ4v) is 5.02. The van der Waals surface area contributed by atoms with E-state index in [4.69, 9.17) is 11.6 Å². The summed E-state index contributed by atoms with van der Waals surface area (Å²) in [5, 5.41) is 5.17. The molecule has 2 heterocycles. The number of anilines is 1. The highest BCUT2D eigenvalue weighted by Gasteiger charge is 2.15. The van der Waals surface area contributed by atoms with Crippen LogP contribution in [0.25, 0.3) is 10.3 Å². The fourth-order valence-electron chi connectivity index (χ4n) is 2.93. The monoisotopic (exact) mass is 469 g/mol. The van der Waals surface area contributed by atoms with E-state index < -0.39 is 0 Å². The standard InChI is InChI=1S/C22H20ClN5OS2/c1-28(12-15-7-3-2-4-8-15)22-27-20-19(31-22)21(26-14-25-20)30-13-18(29)24-11-16-9-5-6-10-17(16)23/h2-10,14H,11-13H2,1H3,(H,24,29). The Morgan fingerprint density at radius 1 is 1.13 bits per heavy atom. The highest BCUT2D eigenvalue weighted by Crippen LogP contribution is 2.33. The maximum Gasteiger partial charge on any atom is 0.230 e. The van der Waals surface area contributed by atoms with E-state index in [2.05, 4.69) is 37.3 Å². The zero-order valence-corrected chi connectivity index (χ0v) is 19.2. The van der Waals surface area contributed by atoms with Crippen molar-refractivity contribution in [2.75, 3.05) is 17.7 Å². The van der Waals surface area contributed by atoms with Crippen LogP contribution in [0.3, 0.4) is 0 Å². The summed E-state index contributed by atoms with van der Waals surface area (Å²) in [5.74, 6) is 0.173. The Kier molecular flexibility index (Phi) is 7.01. The minimum Gasteiger partial charge on any atom is -0.351 e. The van der Waals surface area contributed by atoms with Gasteiger partial charge in [0.1, 0.15) is 16.1 Å². The first-order valence-corrected chi connectivity index (χ1v) is 11.8. The number of halogens is 1. The van der Waals surface area contributed by atoms with Crippen LogP contribution < -0.4 is 10.2 Å². The lowest BCUT2D eigenvalue weighted by Gasteiger charge is -2.15. The summed E-state index contributed by atoms with van der Waals surface area (Å²) in [4.78, 5) is 27.7. The van der Waals surface area contributed by atoms with Crippen LogP contribution >= 0.6 is 34.7 Å². The molecular formula is C22H20ClN5OS2. The summed E-state index contributed by atoms with van der Waals surface area (Å²) in [6, 6.07) is 17.7. The SMILES string of the molecule is CN(Cc1ccccc1)c1nc2ncnc(SCC(=O)NCc3ccccc3Cl)c2s1. The number of thioether (sulfide) groups is 1. The molecule has 2 aromatic carbocycles. The fraction of sp³-hybridized carbons (Fsp3) is 0.182. The lowest BCUT2D eigenvalue weighted by Crippen LogP contribution is -2.24. The highest BCUT2D eigenvalue weighted by atomic mass is 35.5. The first kappa shape index (κ1) is 21.5. The normalized spacial score (nSPS) is 10.9. The van der Waals surface area contributed by atoms with E-state index in [1.165, 1.54) is 35.0 Å². The van der Waals surface area contributed by atoms with Crippen molar-refractivity contribution in [3.63, 3.8) is 0 Å². The molecule has 0 fully saturated rings. The summed E-state index contributed by atoms with van der Waals surface area (Å²) < 4.78 is 0.890. The van der Waals surface area contributed by atoms with E-state index in [1.54, 1.807) is 0 Å². The first-order valence-electron chi connectivity index (χ1n) is 9.59. The van der Waals surface area contributed by atoms with Crippen LogP contribution in [0.4, 0.5) is 5.13 Å². The van der Waals surface area contributed by atoms with Crippen molar-refractivity contribution in [1.82, 2.24) is 20.3 Å². The third-order valence-corrected chi connectivity index (χ3v) is 7.16. The quantitative estimate of drug-likeness (QED) is 0.295. The van der Waals surface area contributed by atoms with Gasteiger partial charge in [-0.05, 0) is 17.2 Å². The van der Waals surface area contributed by atoms with Crippen molar-refractivity contribution < 1.29 is 4.79 Å². The van der Waals surface area contributed by atoms with E-state index in [1.807, 2.05) is 49.5 Å². The molecule has 4 rings (SSSR count). The number of fused-ring (bicyclic) bond motifs is 1. The lowest BCUT2D eigenvalue weighted by atomic mass is 10.2. The number of carbonyl (C=O) groups excluding carboxylic acids is 1. The molecule has 9 heteroatoms. The highest BCUT2D eigenvalue weighted by molar-refractivity contribution is 8.00. The number of amides is 1. The smallest absolute Gasteiger partial charge is 0.230 e. The van der Waals surface area contributed by atoms with E-state index in [-0.39, 0.29) is 11.7 Å². The number of nitrogens with zero attached hydrogens (tertiary/aromatic N) is 4. The van der Waals surface area contributed by atoms with Crippen LogP contribution in [-0.2, 0) is 17.9 Å². The largest absolute Gasteiger partial charge is 0.351 e. The predicted octanol–water partition coefficient (Wildman–Crippen LogP) is 4.78. The minimum atomic E-state index is -0.0809. The second-order valence-electron chi connectivity index (χ2n) is 6.83. The molecule has 158 valence electrons. The van der Waals surface area contributed by atoms with Crippen molar-refractivity contribution in [2.24, 2.45) is 0 Å². The van der Waals surface area contributed by atoms with Gasteiger partial charge in [0.2, 0.25) is 5.91 Å². The maximum absolute atomic E-state index is 12.3. The zero-order valence-electron chi connectivity index (χ0n) is 16.8. The van der Waals surface area contributed by atoms with Crippen molar-refractivity contribution in [3.8, 4) is 0 Å². The molecule has 0 aliphatic heterocycles. The molecule has 31 heavy (non-hydrogen) atoms. The Hall–Kier alpha value is -2.68. The number of rotatable bonds is 8. The van der Waals surface area contributed by atoms with Crippen LogP contribution in [0.1, 0.15) is 11.1 Å². The summed E-state index contributed by atoms with van der Waals surface area (Å²) in [6.07, 6.45) is 1.49. The van der Waals surface area contributed by atoms with Crippen LogP contribution in [0, 0.1) is 0 Å². The van der Waals surface area contributed by atoms with Crippen LogP contribution in [0.2, 0.25) is 5.02 Å². The van der Waals surface area contributed by atoms with Crippen LogP contribution in [0.5, 0.6) is 0 Å².